The van der Waals surface area contributed by atoms with Crippen molar-refractivity contribution in [1.29, 1.82) is 0 Å². The Kier molecular flexibility index (Phi) is 4.98. The summed E-state index contributed by atoms with van der Waals surface area (Å²) < 4.78 is 0.979. The van der Waals surface area contributed by atoms with E-state index in [1.54, 1.807) is 6.92 Å². The van der Waals surface area contributed by atoms with Gasteiger partial charge < -0.3 is 15.5 Å². The predicted octanol–water partition coefficient (Wildman–Crippen LogP) is 3.24. The molecule has 0 saturated heterocycles. The molecule has 4 nitrogen and oxygen atoms in total. The molecule has 1 atom stereocenters. The molecule has 114 valence electrons. The van der Waals surface area contributed by atoms with Crippen molar-refractivity contribution in [3.8, 4) is 0 Å². The zero-order chi connectivity index (χ0) is 15.5. The first-order valence-corrected chi connectivity index (χ1v) is 7.93. The van der Waals surface area contributed by atoms with E-state index in [1.165, 1.54) is 11.3 Å². The summed E-state index contributed by atoms with van der Waals surface area (Å²) in [5, 5.41) is 23.7. The smallest absolute Gasteiger partial charge is 0.346 e. The van der Waals surface area contributed by atoms with Gasteiger partial charge in [0.05, 0.1) is 5.60 Å². The molecule has 2 rings (SSSR count). The van der Waals surface area contributed by atoms with E-state index in [2.05, 4.69) is 5.32 Å². The minimum absolute atomic E-state index is 0.374. The van der Waals surface area contributed by atoms with Crippen molar-refractivity contribution < 1.29 is 15.0 Å². The number of hydrogen-bond acceptors (Lipinski definition) is 4. The van der Waals surface area contributed by atoms with Crippen LogP contribution in [0.15, 0.2) is 24.3 Å². The number of benzene rings is 1. The molecule has 21 heavy (non-hydrogen) atoms. The van der Waals surface area contributed by atoms with E-state index < -0.39 is 11.6 Å². The Morgan fingerprint density at radius 3 is 2.76 bits per heavy atom. The van der Waals surface area contributed by atoms with E-state index in [0.717, 1.165) is 28.5 Å². The van der Waals surface area contributed by atoms with Gasteiger partial charge in [-0.2, -0.15) is 0 Å². The maximum atomic E-state index is 11.4. The molecule has 2 aromatic rings. The fraction of sp³-hybridized carbons (Fsp3) is 0.438. The molecule has 1 heterocycles. The molecule has 0 amide bonds. The van der Waals surface area contributed by atoms with Crippen molar-refractivity contribution in [3.05, 3.63) is 34.7 Å². The molecule has 1 aromatic carbocycles. The molecule has 5 heteroatoms. The van der Waals surface area contributed by atoms with Crippen LogP contribution in [0.1, 0.15) is 41.9 Å². The SMILES string of the molecule is CCCC(C)(O)CNCc1c(C(=O)O)sc2ccccc12. The highest BCUT2D eigenvalue weighted by Crippen LogP contribution is 2.31. The molecule has 1 aromatic heterocycles. The maximum absolute atomic E-state index is 11.4. The van der Waals surface area contributed by atoms with Crippen LogP contribution < -0.4 is 5.32 Å². The monoisotopic (exact) mass is 307 g/mol. The molecule has 0 saturated carbocycles. The molecule has 0 radical (unpaired) electrons. The summed E-state index contributed by atoms with van der Waals surface area (Å²) in [5.74, 6) is -0.895. The third-order valence-electron chi connectivity index (χ3n) is 3.49. The van der Waals surface area contributed by atoms with Gasteiger partial charge in [0.2, 0.25) is 0 Å². The highest BCUT2D eigenvalue weighted by atomic mass is 32.1. The van der Waals surface area contributed by atoms with Crippen LogP contribution in [0.2, 0.25) is 0 Å². The molecular formula is C16H21NO3S. The zero-order valence-electron chi connectivity index (χ0n) is 12.3. The number of aromatic carboxylic acids is 1. The maximum Gasteiger partial charge on any atom is 0.346 e. The van der Waals surface area contributed by atoms with Crippen molar-refractivity contribution >= 4 is 27.4 Å². The largest absolute Gasteiger partial charge is 0.477 e. The molecular weight excluding hydrogens is 286 g/mol. The molecule has 0 aliphatic rings. The molecule has 1 unspecified atom stereocenters. The number of hydrogen-bond donors (Lipinski definition) is 3. The van der Waals surface area contributed by atoms with Gasteiger partial charge in [-0.15, -0.1) is 11.3 Å². The van der Waals surface area contributed by atoms with Crippen LogP contribution in [0.4, 0.5) is 0 Å². The van der Waals surface area contributed by atoms with Gasteiger partial charge in [0.25, 0.3) is 0 Å². The molecule has 0 aliphatic carbocycles. The zero-order valence-corrected chi connectivity index (χ0v) is 13.2. The van der Waals surface area contributed by atoms with Gasteiger partial charge in [0, 0.05) is 17.8 Å². The van der Waals surface area contributed by atoms with Gasteiger partial charge in [-0.05, 0) is 30.4 Å². The summed E-state index contributed by atoms with van der Waals surface area (Å²) in [4.78, 5) is 11.8. The van der Waals surface area contributed by atoms with Crippen molar-refractivity contribution in [3.63, 3.8) is 0 Å². The predicted molar refractivity (Wildman–Crippen MR) is 86.0 cm³/mol. The van der Waals surface area contributed by atoms with E-state index in [4.69, 9.17) is 0 Å². The normalized spacial score (nSPS) is 14.2. The molecule has 0 bridgehead atoms. The van der Waals surface area contributed by atoms with Gasteiger partial charge in [-0.3, -0.25) is 0 Å². The Bertz CT molecular complexity index is 633. The lowest BCUT2D eigenvalue weighted by Crippen LogP contribution is -2.37. The van der Waals surface area contributed by atoms with Crippen LogP contribution in [0.3, 0.4) is 0 Å². The first kappa shape index (κ1) is 15.9. The van der Waals surface area contributed by atoms with Gasteiger partial charge in [-0.25, -0.2) is 4.79 Å². The lowest BCUT2D eigenvalue weighted by Gasteiger charge is -2.23. The summed E-state index contributed by atoms with van der Waals surface area (Å²) in [7, 11) is 0. The average molecular weight is 307 g/mol. The van der Waals surface area contributed by atoms with Crippen LogP contribution in [-0.4, -0.2) is 28.3 Å². The van der Waals surface area contributed by atoms with E-state index in [-0.39, 0.29) is 0 Å². The summed E-state index contributed by atoms with van der Waals surface area (Å²) in [6.45, 7) is 4.73. The number of fused-ring (bicyclic) bond motifs is 1. The van der Waals surface area contributed by atoms with Crippen LogP contribution in [0, 0.1) is 0 Å². The van der Waals surface area contributed by atoms with Gasteiger partial charge in [0.1, 0.15) is 4.88 Å². The number of carboxylic acids is 1. The number of carboxylic acid groups (broad SMARTS) is 1. The second-order valence-electron chi connectivity index (χ2n) is 5.56. The third kappa shape index (κ3) is 3.81. The Morgan fingerprint density at radius 2 is 2.10 bits per heavy atom. The Hall–Kier alpha value is -1.43. The topological polar surface area (TPSA) is 69.6 Å². The average Bonchev–Trinajstić information content (AvgIpc) is 2.78. The number of nitrogens with one attached hydrogen (secondary N) is 1. The molecule has 0 aliphatic heterocycles. The standard InChI is InChI=1S/C16H21NO3S/c1-3-8-16(2,20)10-17-9-12-11-6-4-5-7-13(11)21-14(12)15(18)19/h4-7,17,20H,3,8-10H2,1-2H3,(H,18,19). The van der Waals surface area contributed by atoms with E-state index >= 15 is 0 Å². The minimum Gasteiger partial charge on any atom is -0.477 e. The Balaban J connectivity index is 2.17. The van der Waals surface area contributed by atoms with Crippen LogP contribution >= 0.6 is 11.3 Å². The number of aliphatic hydroxyl groups is 1. The second-order valence-corrected chi connectivity index (χ2v) is 6.61. The lowest BCUT2D eigenvalue weighted by atomic mass is 10.0. The lowest BCUT2D eigenvalue weighted by molar-refractivity contribution is 0.0498. The van der Waals surface area contributed by atoms with Gasteiger partial charge >= 0.3 is 5.97 Å². The van der Waals surface area contributed by atoms with Gasteiger partial charge in [-0.1, -0.05) is 31.5 Å². The first-order valence-electron chi connectivity index (χ1n) is 7.11. The Labute approximate surface area is 128 Å². The molecule has 3 N–H and O–H groups in total. The van der Waals surface area contributed by atoms with Crippen LogP contribution in [0.25, 0.3) is 10.1 Å². The Morgan fingerprint density at radius 1 is 1.38 bits per heavy atom. The summed E-state index contributed by atoms with van der Waals surface area (Å²) in [5.41, 5.74) is 0.0413. The summed E-state index contributed by atoms with van der Waals surface area (Å²) >= 11 is 1.30. The molecule has 0 spiro atoms. The van der Waals surface area contributed by atoms with Crippen LogP contribution in [-0.2, 0) is 6.54 Å². The number of rotatable bonds is 7. The highest BCUT2D eigenvalue weighted by molar-refractivity contribution is 7.21. The van der Waals surface area contributed by atoms with Crippen LogP contribution in [0.5, 0.6) is 0 Å². The fourth-order valence-corrected chi connectivity index (χ4v) is 3.59. The van der Waals surface area contributed by atoms with Crippen molar-refractivity contribution in [2.24, 2.45) is 0 Å². The number of carbonyl (C=O) groups is 1. The highest BCUT2D eigenvalue weighted by Gasteiger charge is 2.20. The quantitative estimate of drug-likeness (QED) is 0.734. The fourth-order valence-electron chi connectivity index (χ4n) is 2.53. The van der Waals surface area contributed by atoms with Crippen molar-refractivity contribution in [2.45, 2.75) is 38.8 Å². The van der Waals surface area contributed by atoms with E-state index in [1.807, 2.05) is 31.2 Å². The van der Waals surface area contributed by atoms with Crippen molar-refractivity contribution in [1.82, 2.24) is 5.32 Å². The second kappa shape index (κ2) is 6.56. The summed E-state index contributed by atoms with van der Waals surface area (Å²) in [6.07, 6.45) is 1.63. The number of thiophene rings is 1. The van der Waals surface area contributed by atoms with E-state index in [9.17, 15) is 15.0 Å². The van der Waals surface area contributed by atoms with E-state index in [0.29, 0.717) is 18.0 Å². The third-order valence-corrected chi connectivity index (χ3v) is 4.69. The summed E-state index contributed by atoms with van der Waals surface area (Å²) in [6, 6.07) is 7.70. The van der Waals surface area contributed by atoms with Crippen molar-refractivity contribution in [2.75, 3.05) is 6.54 Å². The molecule has 0 fully saturated rings. The first-order chi connectivity index (χ1) is 9.94. The van der Waals surface area contributed by atoms with Gasteiger partial charge in [0.15, 0.2) is 0 Å². The minimum atomic E-state index is -0.895.